The quantitative estimate of drug-likeness (QED) is 0.769. The van der Waals surface area contributed by atoms with Crippen molar-refractivity contribution in [3.63, 3.8) is 0 Å². The largest absolute Gasteiger partial charge is 0.310 e. The Morgan fingerprint density at radius 3 is 2.48 bits per heavy atom. The van der Waals surface area contributed by atoms with Crippen LogP contribution in [0.1, 0.15) is 30.5 Å². The van der Waals surface area contributed by atoms with Crippen LogP contribution in [-0.2, 0) is 6.54 Å². The van der Waals surface area contributed by atoms with Gasteiger partial charge in [0.1, 0.15) is 0 Å². The highest BCUT2D eigenvalue weighted by Gasteiger charge is 2.06. The second-order valence-electron chi connectivity index (χ2n) is 5.66. The molecule has 0 aromatic heterocycles. The highest BCUT2D eigenvalue weighted by molar-refractivity contribution is 7.99. The minimum atomic E-state index is 0.463. The van der Waals surface area contributed by atoms with E-state index in [1.807, 2.05) is 0 Å². The van der Waals surface area contributed by atoms with E-state index in [9.17, 15) is 0 Å². The third kappa shape index (κ3) is 4.77. The maximum Gasteiger partial charge on any atom is 0.0462 e. The van der Waals surface area contributed by atoms with Crippen LogP contribution in [0.3, 0.4) is 0 Å². The van der Waals surface area contributed by atoms with Gasteiger partial charge in [0.25, 0.3) is 0 Å². The van der Waals surface area contributed by atoms with Crippen LogP contribution in [-0.4, -0.2) is 6.04 Å². The molecule has 0 aliphatic carbocycles. The second-order valence-corrected chi connectivity index (χ2v) is 7.18. The van der Waals surface area contributed by atoms with Crippen LogP contribution in [0, 0.1) is 13.8 Å². The number of halogens is 1. The lowest BCUT2D eigenvalue weighted by atomic mass is 10.2. The van der Waals surface area contributed by atoms with Gasteiger partial charge in [-0.2, -0.15) is 0 Å². The fourth-order valence-electron chi connectivity index (χ4n) is 2.09. The smallest absolute Gasteiger partial charge is 0.0462 e. The van der Waals surface area contributed by atoms with E-state index in [1.54, 1.807) is 11.8 Å². The number of aryl methyl sites for hydroxylation is 2. The predicted octanol–water partition coefficient (Wildman–Crippen LogP) is 5.61. The summed E-state index contributed by atoms with van der Waals surface area (Å²) < 4.78 is 0. The predicted molar refractivity (Wildman–Crippen MR) is 93.5 cm³/mol. The van der Waals surface area contributed by atoms with E-state index < -0.39 is 0 Å². The Morgan fingerprint density at radius 1 is 1.10 bits per heavy atom. The van der Waals surface area contributed by atoms with E-state index in [4.69, 9.17) is 11.6 Å². The first-order valence-corrected chi connectivity index (χ1v) is 8.42. The summed E-state index contributed by atoms with van der Waals surface area (Å²) in [6, 6.07) is 13.3. The normalized spacial score (nSPS) is 11.1. The lowest BCUT2D eigenvalue weighted by molar-refractivity contribution is 0.589. The molecule has 1 N–H and O–H groups in total. The van der Waals surface area contributed by atoms with Gasteiger partial charge < -0.3 is 5.32 Å². The van der Waals surface area contributed by atoms with Gasteiger partial charge >= 0.3 is 0 Å². The van der Waals surface area contributed by atoms with E-state index in [2.05, 4.69) is 69.4 Å². The average molecular weight is 320 g/mol. The summed E-state index contributed by atoms with van der Waals surface area (Å²) in [4.78, 5) is 2.46. The highest BCUT2D eigenvalue weighted by atomic mass is 35.5. The molecule has 0 aliphatic heterocycles. The van der Waals surface area contributed by atoms with Crippen LogP contribution in [0.5, 0.6) is 0 Å². The topological polar surface area (TPSA) is 12.0 Å². The van der Waals surface area contributed by atoms with Crippen molar-refractivity contribution in [3.8, 4) is 0 Å². The number of hydrogen-bond acceptors (Lipinski definition) is 2. The van der Waals surface area contributed by atoms with Crippen LogP contribution >= 0.6 is 23.4 Å². The number of hydrogen-bond donors (Lipinski definition) is 1. The molecule has 0 saturated heterocycles. The molecular formula is C18H22ClNS. The molecule has 0 fully saturated rings. The van der Waals surface area contributed by atoms with E-state index in [1.165, 1.54) is 20.9 Å². The molecule has 2 aromatic carbocycles. The molecule has 112 valence electrons. The molecule has 21 heavy (non-hydrogen) atoms. The van der Waals surface area contributed by atoms with Crippen molar-refractivity contribution in [2.75, 3.05) is 0 Å². The molecule has 0 saturated carbocycles. The minimum Gasteiger partial charge on any atom is -0.310 e. The van der Waals surface area contributed by atoms with Crippen molar-refractivity contribution in [1.82, 2.24) is 5.32 Å². The van der Waals surface area contributed by atoms with Crippen molar-refractivity contribution < 1.29 is 0 Å². The summed E-state index contributed by atoms with van der Waals surface area (Å²) in [5.74, 6) is 0. The van der Waals surface area contributed by atoms with Gasteiger partial charge in [-0.1, -0.05) is 61.0 Å². The minimum absolute atomic E-state index is 0.463. The fraction of sp³-hybridized carbons (Fsp3) is 0.333. The van der Waals surface area contributed by atoms with Crippen molar-refractivity contribution in [1.29, 1.82) is 0 Å². The SMILES string of the molecule is Cc1ccc(Sc2ccc(CNC(C)C)c(Cl)c2)c(C)c1. The summed E-state index contributed by atoms with van der Waals surface area (Å²) in [6.07, 6.45) is 0. The zero-order chi connectivity index (χ0) is 15.4. The van der Waals surface area contributed by atoms with Crippen LogP contribution in [0.25, 0.3) is 0 Å². The second kappa shape index (κ2) is 7.35. The van der Waals surface area contributed by atoms with E-state index in [0.29, 0.717) is 6.04 Å². The maximum atomic E-state index is 6.39. The Labute approximate surface area is 137 Å². The Hall–Kier alpha value is -0.960. The third-order valence-electron chi connectivity index (χ3n) is 3.28. The molecule has 1 nitrogen and oxygen atoms in total. The molecule has 0 bridgehead atoms. The van der Waals surface area contributed by atoms with Crippen molar-refractivity contribution in [2.45, 2.75) is 50.1 Å². The Bertz CT molecular complexity index is 623. The summed E-state index contributed by atoms with van der Waals surface area (Å²) in [5.41, 5.74) is 3.75. The first-order chi connectivity index (χ1) is 9.95. The van der Waals surface area contributed by atoms with Crippen molar-refractivity contribution >= 4 is 23.4 Å². The summed E-state index contributed by atoms with van der Waals surface area (Å²) in [5, 5.41) is 4.23. The molecule has 3 heteroatoms. The molecule has 0 atom stereocenters. The van der Waals surface area contributed by atoms with Gasteiger partial charge in [-0.3, -0.25) is 0 Å². The molecule has 0 amide bonds. The van der Waals surface area contributed by atoms with Gasteiger partial charge in [0.2, 0.25) is 0 Å². The van der Waals surface area contributed by atoms with Gasteiger partial charge in [-0.25, -0.2) is 0 Å². The van der Waals surface area contributed by atoms with Crippen LogP contribution in [0.2, 0.25) is 5.02 Å². The number of rotatable bonds is 5. The molecular weight excluding hydrogens is 298 g/mol. The summed E-state index contributed by atoms with van der Waals surface area (Å²) in [7, 11) is 0. The molecule has 2 rings (SSSR count). The zero-order valence-electron chi connectivity index (χ0n) is 13.0. The van der Waals surface area contributed by atoms with Crippen molar-refractivity contribution in [2.24, 2.45) is 0 Å². The van der Waals surface area contributed by atoms with Crippen LogP contribution in [0.4, 0.5) is 0 Å². The summed E-state index contributed by atoms with van der Waals surface area (Å²) >= 11 is 8.16. The molecule has 2 aromatic rings. The van der Waals surface area contributed by atoms with Gasteiger partial charge in [0.05, 0.1) is 0 Å². The maximum absolute atomic E-state index is 6.39. The van der Waals surface area contributed by atoms with Gasteiger partial charge in [-0.05, 0) is 43.2 Å². The first kappa shape index (κ1) is 16.4. The van der Waals surface area contributed by atoms with E-state index in [-0.39, 0.29) is 0 Å². The molecule has 0 heterocycles. The average Bonchev–Trinajstić information content (AvgIpc) is 2.41. The van der Waals surface area contributed by atoms with Crippen LogP contribution < -0.4 is 5.32 Å². The Balaban J connectivity index is 2.12. The Morgan fingerprint density at radius 2 is 1.86 bits per heavy atom. The van der Waals surface area contributed by atoms with Crippen LogP contribution in [0.15, 0.2) is 46.2 Å². The molecule has 0 unspecified atom stereocenters. The first-order valence-electron chi connectivity index (χ1n) is 7.22. The monoisotopic (exact) mass is 319 g/mol. The zero-order valence-corrected chi connectivity index (χ0v) is 14.6. The number of nitrogens with one attached hydrogen (secondary N) is 1. The number of benzene rings is 2. The van der Waals surface area contributed by atoms with Gasteiger partial charge in [0.15, 0.2) is 0 Å². The van der Waals surface area contributed by atoms with E-state index in [0.717, 1.165) is 17.1 Å². The summed E-state index contributed by atoms with van der Waals surface area (Å²) in [6.45, 7) is 9.36. The molecule has 0 aliphatic rings. The lowest BCUT2D eigenvalue weighted by Crippen LogP contribution is -2.21. The fourth-order valence-corrected chi connectivity index (χ4v) is 3.32. The molecule has 0 radical (unpaired) electrons. The van der Waals surface area contributed by atoms with Gasteiger partial charge in [0, 0.05) is 27.4 Å². The molecule has 0 spiro atoms. The standard InChI is InChI=1S/C18H22ClNS/c1-12(2)20-11-15-6-7-16(10-17(15)19)21-18-8-5-13(3)9-14(18)4/h5-10,12,20H,11H2,1-4H3. The lowest BCUT2D eigenvalue weighted by Gasteiger charge is -2.11. The third-order valence-corrected chi connectivity index (χ3v) is 4.80. The van der Waals surface area contributed by atoms with E-state index >= 15 is 0 Å². The highest BCUT2D eigenvalue weighted by Crippen LogP contribution is 2.33. The van der Waals surface area contributed by atoms with Gasteiger partial charge in [-0.15, -0.1) is 0 Å². The Kier molecular flexibility index (Phi) is 5.74. The van der Waals surface area contributed by atoms with Crippen molar-refractivity contribution in [3.05, 3.63) is 58.1 Å².